The monoisotopic (exact) mass is 477 g/mol. The van der Waals surface area contributed by atoms with E-state index in [1.165, 1.54) is 24.1 Å². The molecule has 4 heterocycles. The first-order valence-electron chi connectivity index (χ1n) is 12.9. The summed E-state index contributed by atoms with van der Waals surface area (Å²) in [5.41, 5.74) is 7.59. The minimum atomic E-state index is 0.578. The van der Waals surface area contributed by atoms with Gasteiger partial charge < -0.3 is 14.8 Å². The number of nitriles is 1. The molecule has 1 saturated heterocycles. The zero-order valence-corrected chi connectivity index (χ0v) is 20.9. The lowest BCUT2D eigenvalue weighted by atomic mass is 10.1. The van der Waals surface area contributed by atoms with Crippen molar-refractivity contribution in [2.45, 2.75) is 39.3 Å². The van der Waals surface area contributed by atoms with E-state index in [1.54, 1.807) is 0 Å². The Morgan fingerprint density at radius 2 is 2.00 bits per heavy atom. The lowest BCUT2D eigenvalue weighted by molar-refractivity contribution is 0.456. The molecule has 0 aliphatic carbocycles. The fourth-order valence-electron chi connectivity index (χ4n) is 5.37. The Labute approximate surface area is 212 Å². The molecule has 2 aromatic carbocycles. The predicted molar refractivity (Wildman–Crippen MR) is 142 cm³/mol. The molecular weight excluding hydrogens is 446 g/mol. The number of rotatable bonds is 6. The van der Waals surface area contributed by atoms with Crippen LogP contribution in [0, 0.1) is 17.2 Å². The molecule has 4 aromatic rings. The maximum Gasteiger partial charge on any atom is 0.185 e. The zero-order chi connectivity index (χ0) is 24.6. The van der Waals surface area contributed by atoms with Gasteiger partial charge in [-0.3, -0.25) is 4.57 Å². The standard InChI is InChI=1S/C29H31N7/c1-3-20(2)31-15-22-10-11-34(16-22)26-8-9-27-25(12-26)18-35-17-24(23-6-4-21(14-30)5-7-23)13-28(35)29-33-32-19-36(27)29/h4-9,12-13,17,19-20,22,31H,3,10-11,15-16,18H2,1-2H3/t20-,22+/m1/s1. The van der Waals surface area contributed by atoms with E-state index in [-0.39, 0.29) is 0 Å². The number of aromatic nitrogens is 4. The molecule has 1 N–H and O–H groups in total. The van der Waals surface area contributed by atoms with Crippen LogP contribution in [0.1, 0.15) is 37.8 Å². The van der Waals surface area contributed by atoms with Gasteiger partial charge in [-0.25, -0.2) is 0 Å². The van der Waals surface area contributed by atoms with E-state index in [2.05, 4.69) is 79.9 Å². The van der Waals surface area contributed by atoms with Gasteiger partial charge in [0.2, 0.25) is 0 Å². The summed E-state index contributed by atoms with van der Waals surface area (Å²) in [5.74, 6) is 1.53. The van der Waals surface area contributed by atoms with E-state index < -0.39 is 0 Å². The van der Waals surface area contributed by atoms with Crippen LogP contribution in [0.3, 0.4) is 0 Å². The molecule has 0 unspecified atom stereocenters. The number of hydrogen-bond donors (Lipinski definition) is 1. The van der Waals surface area contributed by atoms with Gasteiger partial charge in [0.1, 0.15) is 6.33 Å². The average Bonchev–Trinajstić information content (AvgIpc) is 3.66. The summed E-state index contributed by atoms with van der Waals surface area (Å²) in [7, 11) is 0. The van der Waals surface area contributed by atoms with Gasteiger partial charge in [-0.05, 0) is 79.8 Å². The van der Waals surface area contributed by atoms with Crippen LogP contribution in [-0.4, -0.2) is 45.0 Å². The number of fused-ring (bicyclic) bond motifs is 5. The molecule has 2 atom stereocenters. The molecule has 2 aliphatic heterocycles. The van der Waals surface area contributed by atoms with Gasteiger partial charge in [0.25, 0.3) is 0 Å². The molecule has 7 heteroatoms. The summed E-state index contributed by atoms with van der Waals surface area (Å²) in [4.78, 5) is 2.53. The molecule has 2 aromatic heterocycles. The number of anilines is 1. The summed E-state index contributed by atoms with van der Waals surface area (Å²) in [6.45, 7) is 8.55. The van der Waals surface area contributed by atoms with Crippen molar-refractivity contribution in [1.82, 2.24) is 24.6 Å². The second-order valence-corrected chi connectivity index (χ2v) is 10.1. The lowest BCUT2D eigenvalue weighted by Crippen LogP contribution is -2.32. The summed E-state index contributed by atoms with van der Waals surface area (Å²) < 4.78 is 4.37. The van der Waals surface area contributed by atoms with E-state index >= 15 is 0 Å². The van der Waals surface area contributed by atoms with Crippen molar-refractivity contribution >= 4 is 5.69 Å². The Kier molecular flexibility index (Phi) is 5.82. The highest BCUT2D eigenvalue weighted by Gasteiger charge is 2.26. The van der Waals surface area contributed by atoms with Crippen molar-refractivity contribution in [2.75, 3.05) is 24.5 Å². The van der Waals surface area contributed by atoms with Crippen molar-refractivity contribution in [2.24, 2.45) is 5.92 Å². The minimum Gasteiger partial charge on any atom is -0.371 e. The molecule has 0 amide bonds. The topological polar surface area (TPSA) is 74.7 Å². The summed E-state index contributed by atoms with van der Waals surface area (Å²) in [6.07, 6.45) is 6.39. The number of benzene rings is 2. The highest BCUT2D eigenvalue weighted by atomic mass is 15.3. The maximum absolute atomic E-state index is 9.14. The third-order valence-corrected chi connectivity index (χ3v) is 7.70. The smallest absolute Gasteiger partial charge is 0.185 e. The van der Waals surface area contributed by atoms with Gasteiger partial charge >= 0.3 is 0 Å². The largest absolute Gasteiger partial charge is 0.371 e. The van der Waals surface area contributed by atoms with Crippen LogP contribution in [0.15, 0.2) is 61.1 Å². The van der Waals surface area contributed by atoms with Crippen LogP contribution in [0.2, 0.25) is 0 Å². The van der Waals surface area contributed by atoms with E-state index in [0.717, 1.165) is 54.5 Å². The SMILES string of the molecule is CC[C@@H](C)NC[C@@H]1CCN(c2ccc3c(c2)Cn2cc(-c4ccc(C#N)cc4)cc2-c2nncn2-3)C1. The average molecular weight is 478 g/mol. The van der Waals surface area contributed by atoms with Crippen molar-refractivity contribution < 1.29 is 0 Å². The summed E-state index contributed by atoms with van der Waals surface area (Å²) in [6, 6.07) is 19.5. The third kappa shape index (κ3) is 4.08. The highest BCUT2D eigenvalue weighted by molar-refractivity contribution is 5.72. The van der Waals surface area contributed by atoms with E-state index in [4.69, 9.17) is 5.26 Å². The minimum absolute atomic E-state index is 0.578. The van der Waals surface area contributed by atoms with Crippen molar-refractivity contribution in [3.63, 3.8) is 0 Å². The molecule has 182 valence electrons. The second kappa shape index (κ2) is 9.29. The van der Waals surface area contributed by atoms with Gasteiger partial charge in [-0.1, -0.05) is 19.1 Å². The first kappa shape index (κ1) is 22.6. The molecule has 0 bridgehead atoms. The fourth-order valence-corrected chi connectivity index (χ4v) is 5.37. The zero-order valence-electron chi connectivity index (χ0n) is 20.9. The quantitative estimate of drug-likeness (QED) is 0.378. The maximum atomic E-state index is 9.14. The van der Waals surface area contributed by atoms with E-state index in [1.807, 2.05) is 30.6 Å². The van der Waals surface area contributed by atoms with Gasteiger partial charge in [-0.15, -0.1) is 10.2 Å². The van der Waals surface area contributed by atoms with Gasteiger partial charge in [0.15, 0.2) is 5.82 Å². The molecule has 7 nitrogen and oxygen atoms in total. The molecule has 6 rings (SSSR count). The number of nitrogens with one attached hydrogen (secondary N) is 1. The molecule has 2 aliphatic rings. The van der Waals surface area contributed by atoms with Crippen LogP contribution < -0.4 is 10.2 Å². The fraction of sp³-hybridized carbons (Fsp3) is 0.345. The van der Waals surface area contributed by atoms with E-state index in [0.29, 0.717) is 17.5 Å². The van der Waals surface area contributed by atoms with Crippen molar-refractivity contribution in [3.05, 3.63) is 72.2 Å². The Balaban J connectivity index is 1.30. The van der Waals surface area contributed by atoms with Crippen LogP contribution in [0.4, 0.5) is 5.69 Å². The predicted octanol–water partition coefficient (Wildman–Crippen LogP) is 4.85. The van der Waals surface area contributed by atoms with Gasteiger partial charge in [-0.2, -0.15) is 5.26 Å². The first-order valence-corrected chi connectivity index (χ1v) is 12.9. The number of nitrogens with zero attached hydrogens (tertiary/aromatic N) is 6. The van der Waals surface area contributed by atoms with Crippen LogP contribution >= 0.6 is 0 Å². The Bertz CT molecular complexity index is 1420. The molecule has 0 spiro atoms. The molecule has 36 heavy (non-hydrogen) atoms. The highest BCUT2D eigenvalue weighted by Crippen LogP contribution is 2.35. The van der Waals surface area contributed by atoms with Crippen LogP contribution in [-0.2, 0) is 6.54 Å². The Morgan fingerprint density at radius 3 is 2.81 bits per heavy atom. The van der Waals surface area contributed by atoms with Crippen molar-refractivity contribution in [3.8, 4) is 34.4 Å². The van der Waals surface area contributed by atoms with Crippen molar-refractivity contribution in [1.29, 1.82) is 5.26 Å². The molecule has 0 radical (unpaired) electrons. The molecule has 0 saturated carbocycles. The molecule has 1 fully saturated rings. The van der Waals surface area contributed by atoms with Crippen LogP contribution in [0.25, 0.3) is 28.3 Å². The molecular formula is C29H31N7. The number of hydrogen-bond acceptors (Lipinski definition) is 5. The van der Waals surface area contributed by atoms with Gasteiger partial charge in [0, 0.05) is 43.1 Å². The van der Waals surface area contributed by atoms with E-state index in [9.17, 15) is 0 Å². The second-order valence-electron chi connectivity index (χ2n) is 10.1. The Hall–Kier alpha value is -3.89. The summed E-state index contributed by atoms with van der Waals surface area (Å²) in [5, 5.41) is 21.5. The van der Waals surface area contributed by atoms with Crippen LogP contribution in [0.5, 0.6) is 0 Å². The Morgan fingerprint density at radius 1 is 1.14 bits per heavy atom. The first-order chi connectivity index (χ1) is 17.6. The lowest BCUT2D eigenvalue weighted by Gasteiger charge is -2.21. The summed E-state index contributed by atoms with van der Waals surface area (Å²) >= 11 is 0. The van der Waals surface area contributed by atoms with Gasteiger partial charge in [0.05, 0.1) is 23.0 Å². The normalized spacial score (nSPS) is 17.1. The third-order valence-electron chi connectivity index (χ3n) is 7.70.